The molecule has 0 aliphatic heterocycles. The number of methoxy groups -OCH3 is 1. The Hall–Kier alpha value is -3.15. The van der Waals surface area contributed by atoms with Gasteiger partial charge in [-0.2, -0.15) is 0 Å². The van der Waals surface area contributed by atoms with E-state index in [1.54, 1.807) is 7.11 Å². The summed E-state index contributed by atoms with van der Waals surface area (Å²) in [6, 6.07) is 12.2. The third-order valence-electron chi connectivity index (χ3n) is 4.02. The average Bonchev–Trinajstić information content (AvgIpc) is 2.61. The fraction of sp³-hybridized carbons (Fsp3) is 0.211. The minimum Gasteiger partial charge on any atom is -0.497 e. The second kappa shape index (κ2) is 7.17. The van der Waals surface area contributed by atoms with Crippen molar-refractivity contribution < 1.29 is 14.6 Å². The van der Waals surface area contributed by atoms with E-state index in [1.165, 1.54) is 18.2 Å². The fourth-order valence-electron chi connectivity index (χ4n) is 2.73. The Balaban J connectivity index is 1.76. The predicted molar refractivity (Wildman–Crippen MR) is 94.3 cm³/mol. The Labute approximate surface area is 144 Å². The maximum Gasteiger partial charge on any atom is 0.335 e. The standard InChI is InChI=1S/C19H18N2O4/c1-25-14-6-2-4-12(10-14)5-3-7-17-20-16-11-13(19(23)24)8-9-15(16)18(22)21-17/h2,4,6,8-11H,3,5,7H2,1H3,(H,23,24)(H,20,21,22). The van der Waals surface area contributed by atoms with Crippen molar-refractivity contribution in [2.45, 2.75) is 19.3 Å². The van der Waals surface area contributed by atoms with Crippen molar-refractivity contribution in [3.63, 3.8) is 0 Å². The second-order valence-electron chi connectivity index (χ2n) is 5.75. The first kappa shape index (κ1) is 16.7. The molecule has 0 aliphatic rings. The molecule has 1 heterocycles. The van der Waals surface area contributed by atoms with E-state index in [4.69, 9.17) is 9.84 Å². The lowest BCUT2D eigenvalue weighted by Gasteiger charge is -2.06. The first-order valence-corrected chi connectivity index (χ1v) is 7.96. The van der Waals surface area contributed by atoms with E-state index >= 15 is 0 Å². The van der Waals surface area contributed by atoms with Gasteiger partial charge in [-0.1, -0.05) is 12.1 Å². The first-order valence-electron chi connectivity index (χ1n) is 7.96. The molecular formula is C19H18N2O4. The molecule has 0 radical (unpaired) electrons. The van der Waals surface area contributed by atoms with Gasteiger partial charge in [-0.25, -0.2) is 9.78 Å². The van der Waals surface area contributed by atoms with Crippen LogP contribution in [0.1, 0.15) is 28.2 Å². The van der Waals surface area contributed by atoms with E-state index in [2.05, 4.69) is 9.97 Å². The van der Waals surface area contributed by atoms with Gasteiger partial charge in [0.1, 0.15) is 11.6 Å². The molecule has 6 heteroatoms. The average molecular weight is 338 g/mol. The molecule has 0 saturated carbocycles. The van der Waals surface area contributed by atoms with Gasteiger partial charge in [0.2, 0.25) is 0 Å². The number of rotatable bonds is 6. The monoisotopic (exact) mass is 338 g/mol. The minimum atomic E-state index is -1.04. The van der Waals surface area contributed by atoms with E-state index in [0.717, 1.165) is 24.2 Å². The van der Waals surface area contributed by atoms with Crippen molar-refractivity contribution in [3.05, 3.63) is 69.8 Å². The fourth-order valence-corrected chi connectivity index (χ4v) is 2.73. The number of carbonyl (C=O) groups is 1. The molecular weight excluding hydrogens is 320 g/mol. The Morgan fingerprint density at radius 2 is 2.04 bits per heavy atom. The Bertz CT molecular complexity index is 979. The van der Waals surface area contributed by atoms with Crippen molar-refractivity contribution in [3.8, 4) is 5.75 Å². The van der Waals surface area contributed by atoms with Crippen LogP contribution in [0.4, 0.5) is 0 Å². The van der Waals surface area contributed by atoms with Crippen molar-refractivity contribution in [1.82, 2.24) is 9.97 Å². The van der Waals surface area contributed by atoms with Gasteiger partial charge in [-0.3, -0.25) is 4.79 Å². The molecule has 1 aromatic heterocycles. The summed E-state index contributed by atoms with van der Waals surface area (Å²) in [6.45, 7) is 0. The lowest BCUT2D eigenvalue weighted by atomic mass is 10.1. The second-order valence-corrected chi connectivity index (χ2v) is 5.75. The molecule has 0 aliphatic carbocycles. The number of aromatic amines is 1. The molecule has 0 atom stereocenters. The van der Waals surface area contributed by atoms with E-state index in [0.29, 0.717) is 23.1 Å². The van der Waals surface area contributed by atoms with Gasteiger partial charge in [-0.05, 0) is 48.7 Å². The van der Waals surface area contributed by atoms with Gasteiger partial charge < -0.3 is 14.8 Å². The van der Waals surface area contributed by atoms with Gasteiger partial charge in [0, 0.05) is 6.42 Å². The predicted octanol–water partition coefficient (Wildman–Crippen LogP) is 2.81. The van der Waals surface area contributed by atoms with Crippen LogP contribution in [0.25, 0.3) is 10.9 Å². The summed E-state index contributed by atoms with van der Waals surface area (Å²) in [5, 5.41) is 9.46. The van der Waals surface area contributed by atoms with Crippen LogP contribution in [0.2, 0.25) is 0 Å². The van der Waals surface area contributed by atoms with Crippen LogP contribution in [-0.4, -0.2) is 28.2 Å². The molecule has 0 bridgehead atoms. The normalized spacial score (nSPS) is 10.8. The molecule has 3 aromatic rings. The number of hydrogen-bond donors (Lipinski definition) is 2. The quantitative estimate of drug-likeness (QED) is 0.721. The third-order valence-corrected chi connectivity index (χ3v) is 4.02. The summed E-state index contributed by atoms with van der Waals surface area (Å²) in [5.41, 5.74) is 1.42. The summed E-state index contributed by atoms with van der Waals surface area (Å²) < 4.78 is 5.21. The molecule has 0 saturated heterocycles. The first-order chi connectivity index (χ1) is 12.1. The summed E-state index contributed by atoms with van der Waals surface area (Å²) in [7, 11) is 1.63. The molecule has 0 unspecified atom stereocenters. The zero-order chi connectivity index (χ0) is 17.8. The van der Waals surface area contributed by atoms with Gasteiger partial charge >= 0.3 is 5.97 Å². The van der Waals surface area contributed by atoms with Crippen LogP contribution < -0.4 is 10.3 Å². The summed E-state index contributed by atoms with van der Waals surface area (Å²) in [4.78, 5) is 30.4. The summed E-state index contributed by atoms with van der Waals surface area (Å²) in [5.74, 6) is 0.336. The van der Waals surface area contributed by atoms with Crippen LogP contribution in [-0.2, 0) is 12.8 Å². The largest absolute Gasteiger partial charge is 0.497 e. The number of H-pyrrole nitrogens is 1. The van der Waals surface area contributed by atoms with Crippen LogP contribution in [0.3, 0.4) is 0 Å². The zero-order valence-electron chi connectivity index (χ0n) is 13.8. The molecule has 0 fully saturated rings. The molecule has 2 aromatic carbocycles. The van der Waals surface area contributed by atoms with E-state index < -0.39 is 5.97 Å². The van der Waals surface area contributed by atoms with E-state index in [1.807, 2.05) is 24.3 Å². The molecule has 3 rings (SSSR count). The smallest absolute Gasteiger partial charge is 0.335 e. The van der Waals surface area contributed by atoms with Crippen molar-refractivity contribution >= 4 is 16.9 Å². The number of fused-ring (bicyclic) bond motifs is 1. The number of aromatic carboxylic acids is 1. The SMILES string of the molecule is COc1cccc(CCCc2nc3cc(C(=O)O)ccc3c(=O)[nH]2)c1. The molecule has 0 amide bonds. The lowest BCUT2D eigenvalue weighted by Crippen LogP contribution is -2.12. The van der Waals surface area contributed by atoms with Crippen LogP contribution >= 0.6 is 0 Å². The number of carboxylic acid groups (broad SMARTS) is 1. The summed E-state index contributed by atoms with van der Waals surface area (Å²) >= 11 is 0. The van der Waals surface area contributed by atoms with Crippen LogP contribution in [0.15, 0.2) is 47.3 Å². The van der Waals surface area contributed by atoms with Crippen LogP contribution in [0, 0.1) is 0 Å². The maximum absolute atomic E-state index is 12.1. The van der Waals surface area contributed by atoms with E-state index in [9.17, 15) is 9.59 Å². The highest BCUT2D eigenvalue weighted by Gasteiger charge is 2.08. The zero-order valence-corrected chi connectivity index (χ0v) is 13.8. The maximum atomic E-state index is 12.1. The number of benzene rings is 2. The van der Waals surface area contributed by atoms with Crippen molar-refractivity contribution in [1.29, 1.82) is 0 Å². The number of ether oxygens (including phenoxy) is 1. The number of hydrogen-bond acceptors (Lipinski definition) is 4. The highest BCUT2D eigenvalue weighted by Crippen LogP contribution is 2.15. The highest BCUT2D eigenvalue weighted by atomic mass is 16.5. The number of nitrogens with zero attached hydrogens (tertiary/aromatic N) is 1. The Morgan fingerprint density at radius 1 is 1.20 bits per heavy atom. The van der Waals surface area contributed by atoms with Gasteiger partial charge in [0.25, 0.3) is 5.56 Å². The topological polar surface area (TPSA) is 92.3 Å². The minimum absolute atomic E-state index is 0.118. The molecule has 6 nitrogen and oxygen atoms in total. The lowest BCUT2D eigenvalue weighted by molar-refractivity contribution is 0.0697. The number of nitrogens with one attached hydrogen (secondary N) is 1. The van der Waals surface area contributed by atoms with Crippen LogP contribution in [0.5, 0.6) is 5.75 Å². The Morgan fingerprint density at radius 3 is 2.80 bits per heavy atom. The molecule has 128 valence electrons. The van der Waals surface area contributed by atoms with Crippen molar-refractivity contribution in [2.24, 2.45) is 0 Å². The molecule has 0 spiro atoms. The number of aromatic nitrogens is 2. The van der Waals surface area contributed by atoms with Gasteiger partial charge in [-0.15, -0.1) is 0 Å². The highest BCUT2D eigenvalue weighted by molar-refractivity contribution is 5.92. The van der Waals surface area contributed by atoms with Crippen molar-refractivity contribution in [2.75, 3.05) is 7.11 Å². The summed E-state index contributed by atoms with van der Waals surface area (Å²) in [6.07, 6.45) is 2.23. The van der Waals surface area contributed by atoms with Gasteiger partial charge in [0.15, 0.2) is 0 Å². The third kappa shape index (κ3) is 3.85. The van der Waals surface area contributed by atoms with Gasteiger partial charge in [0.05, 0.1) is 23.6 Å². The Kier molecular flexibility index (Phi) is 4.79. The number of carboxylic acids is 1. The number of aryl methyl sites for hydroxylation is 2. The molecule has 25 heavy (non-hydrogen) atoms. The van der Waals surface area contributed by atoms with E-state index in [-0.39, 0.29) is 11.1 Å². The molecule has 2 N–H and O–H groups in total.